The van der Waals surface area contributed by atoms with E-state index in [2.05, 4.69) is 38.3 Å². The van der Waals surface area contributed by atoms with Gasteiger partial charge in [0.1, 0.15) is 6.54 Å². The topological polar surface area (TPSA) is 64.5 Å². The van der Waals surface area contributed by atoms with E-state index in [0.29, 0.717) is 31.5 Å². The van der Waals surface area contributed by atoms with E-state index >= 15 is 0 Å². The second kappa shape index (κ2) is 13.7. The molecule has 0 radical (unpaired) electrons. The number of carbonyl (C=O) groups is 2. The average Bonchev–Trinajstić information content (AvgIpc) is 3.37. The molecule has 6 nitrogen and oxygen atoms in total. The number of para-hydroxylation sites is 2. The Morgan fingerprint density at radius 2 is 1.31 bits per heavy atom. The van der Waals surface area contributed by atoms with Crippen molar-refractivity contribution in [2.24, 2.45) is 0 Å². The van der Waals surface area contributed by atoms with Crippen LogP contribution in [0.4, 0.5) is 22.7 Å². The molecule has 0 saturated heterocycles. The van der Waals surface area contributed by atoms with Gasteiger partial charge in [-0.05, 0) is 80.1 Å². The lowest BCUT2D eigenvalue weighted by atomic mass is 9.81. The Hall–Kier alpha value is -4.07. The Labute approximate surface area is 306 Å². The number of rotatable bonds is 8. The molecule has 49 heavy (non-hydrogen) atoms. The first-order valence-electron chi connectivity index (χ1n) is 15.8. The molecule has 0 fully saturated rings. The summed E-state index contributed by atoms with van der Waals surface area (Å²) in [6.45, 7) is 8.58. The molecule has 0 saturated carbocycles. The number of amides is 2. The molecule has 0 unspecified atom stereocenters. The molecule has 4 aromatic carbocycles. The van der Waals surface area contributed by atoms with Crippen molar-refractivity contribution in [1.29, 1.82) is 0 Å². The summed E-state index contributed by atoms with van der Waals surface area (Å²) >= 11 is 25.6. The van der Waals surface area contributed by atoms with E-state index in [-0.39, 0.29) is 24.9 Å². The summed E-state index contributed by atoms with van der Waals surface area (Å²) in [5.41, 5.74) is 5.80. The Morgan fingerprint density at radius 1 is 0.735 bits per heavy atom. The van der Waals surface area contributed by atoms with Gasteiger partial charge in [-0.15, -0.1) is 0 Å². The number of nitrogens with one attached hydrogen (secondary N) is 2. The van der Waals surface area contributed by atoms with Gasteiger partial charge in [0, 0.05) is 44.6 Å². The van der Waals surface area contributed by atoms with Crippen LogP contribution in [0, 0.1) is 0 Å². The SMILES string of the molecule is CC1(C)C(/C=C/C=C2/N(CC(=O)Nc3ccccc3Cl)c3ccc(Cl)cc3C2(C)C)=[N+](CC(=O)Nc2ccccc2Cl)c2ccc(Cl)cc21. The maximum atomic E-state index is 13.4. The van der Waals surface area contributed by atoms with E-state index in [1.807, 2.05) is 88.4 Å². The summed E-state index contributed by atoms with van der Waals surface area (Å²) in [5, 5.41) is 8.06. The molecule has 6 rings (SSSR count). The van der Waals surface area contributed by atoms with Crippen LogP contribution in [0.15, 0.2) is 109 Å². The highest BCUT2D eigenvalue weighted by Crippen LogP contribution is 2.49. The van der Waals surface area contributed by atoms with Gasteiger partial charge >= 0.3 is 0 Å². The van der Waals surface area contributed by atoms with Crippen LogP contribution in [0.25, 0.3) is 0 Å². The van der Waals surface area contributed by atoms with Gasteiger partial charge < -0.3 is 15.5 Å². The Kier molecular flexibility index (Phi) is 9.71. The van der Waals surface area contributed by atoms with Gasteiger partial charge in [0.05, 0.1) is 26.8 Å². The largest absolute Gasteiger partial charge is 0.335 e. The highest BCUT2D eigenvalue weighted by molar-refractivity contribution is 6.34. The minimum Gasteiger partial charge on any atom is -0.335 e. The van der Waals surface area contributed by atoms with Crippen molar-refractivity contribution in [3.05, 3.63) is 140 Å². The predicted octanol–water partition coefficient (Wildman–Crippen LogP) is 10.2. The first-order chi connectivity index (χ1) is 23.3. The lowest BCUT2D eigenvalue weighted by molar-refractivity contribution is -0.424. The standard InChI is InChI=1S/C39H34Cl4N4O2/c1-38(2)26-20-24(40)16-18-32(26)46(22-36(48)44-30-12-7-5-10-28(30)42)34(38)14-9-15-35-39(3,4)27-21-25(41)17-19-33(27)47(35)23-37(49)45-31-13-8-6-11-29(31)43/h5-21H,22-23H2,1-4H3,(H-,44,45,48,49)/p+1. The number of anilines is 3. The van der Waals surface area contributed by atoms with Crippen molar-refractivity contribution in [2.45, 2.75) is 38.5 Å². The molecule has 2 heterocycles. The minimum absolute atomic E-state index is 0.0588. The van der Waals surface area contributed by atoms with E-state index in [0.717, 1.165) is 33.9 Å². The van der Waals surface area contributed by atoms with Gasteiger partial charge in [-0.3, -0.25) is 9.59 Å². The van der Waals surface area contributed by atoms with Crippen LogP contribution in [0.3, 0.4) is 0 Å². The van der Waals surface area contributed by atoms with Crippen molar-refractivity contribution in [3.8, 4) is 0 Å². The van der Waals surface area contributed by atoms with E-state index < -0.39 is 10.8 Å². The Balaban J connectivity index is 1.37. The monoisotopic (exact) mass is 731 g/mol. The van der Waals surface area contributed by atoms with Crippen molar-refractivity contribution >= 4 is 86.7 Å². The zero-order chi connectivity index (χ0) is 35.1. The molecule has 10 heteroatoms. The van der Waals surface area contributed by atoms with Crippen LogP contribution >= 0.6 is 46.4 Å². The second-order valence-electron chi connectivity index (χ2n) is 13.1. The fraction of sp³-hybridized carbons (Fsp3) is 0.205. The molecular formula is C39H35Cl4N4O2+. The fourth-order valence-electron chi connectivity index (χ4n) is 6.66. The first-order valence-corrected chi connectivity index (χ1v) is 17.3. The highest BCUT2D eigenvalue weighted by atomic mass is 35.5. The average molecular weight is 734 g/mol. The van der Waals surface area contributed by atoms with Crippen LogP contribution in [0.2, 0.25) is 20.1 Å². The van der Waals surface area contributed by atoms with Gasteiger partial charge in [0.25, 0.3) is 5.91 Å². The molecule has 0 spiro atoms. The van der Waals surface area contributed by atoms with Gasteiger partial charge in [0.2, 0.25) is 18.1 Å². The number of hydrogen-bond donors (Lipinski definition) is 2. The molecule has 2 aliphatic heterocycles. The maximum absolute atomic E-state index is 13.4. The highest BCUT2D eigenvalue weighted by Gasteiger charge is 2.45. The zero-order valence-corrected chi connectivity index (χ0v) is 30.5. The quantitative estimate of drug-likeness (QED) is 0.177. The van der Waals surface area contributed by atoms with Crippen molar-refractivity contribution < 1.29 is 14.2 Å². The Morgan fingerprint density at radius 3 is 1.94 bits per heavy atom. The molecular weight excluding hydrogens is 698 g/mol. The van der Waals surface area contributed by atoms with Crippen LogP contribution in [0.5, 0.6) is 0 Å². The predicted molar refractivity (Wildman–Crippen MR) is 203 cm³/mol. The third-order valence-electron chi connectivity index (χ3n) is 9.12. The number of hydrogen-bond acceptors (Lipinski definition) is 3. The second-order valence-corrected chi connectivity index (χ2v) is 14.8. The van der Waals surface area contributed by atoms with Crippen LogP contribution in [-0.2, 0) is 20.4 Å². The van der Waals surface area contributed by atoms with E-state index in [1.54, 1.807) is 24.3 Å². The molecule has 0 aromatic heterocycles. The summed E-state index contributed by atoms with van der Waals surface area (Å²) in [6, 6.07) is 25.8. The summed E-state index contributed by atoms with van der Waals surface area (Å²) in [7, 11) is 0. The summed E-state index contributed by atoms with van der Waals surface area (Å²) in [4.78, 5) is 28.9. The molecule has 0 bridgehead atoms. The fourth-order valence-corrected chi connectivity index (χ4v) is 7.37. The van der Waals surface area contributed by atoms with Crippen LogP contribution in [-0.4, -0.2) is 35.2 Å². The zero-order valence-electron chi connectivity index (χ0n) is 27.5. The molecule has 4 aromatic rings. The smallest absolute Gasteiger partial charge is 0.290 e. The lowest BCUT2D eigenvalue weighted by Crippen LogP contribution is -2.34. The summed E-state index contributed by atoms with van der Waals surface area (Å²) in [5.74, 6) is -0.424. The van der Waals surface area contributed by atoms with Crippen molar-refractivity contribution in [3.63, 3.8) is 0 Å². The Bertz CT molecular complexity index is 2080. The van der Waals surface area contributed by atoms with Gasteiger partial charge in [-0.2, -0.15) is 4.58 Å². The molecule has 0 atom stereocenters. The van der Waals surface area contributed by atoms with Crippen molar-refractivity contribution in [1.82, 2.24) is 0 Å². The first kappa shape index (κ1) is 34.8. The number of fused-ring (bicyclic) bond motifs is 2. The lowest BCUT2D eigenvalue weighted by Gasteiger charge is -2.26. The minimum atomic E-state index is -0.476. The number of allylic oxidation sites excluding steroid dienone is 4. The summed E-state index contributed by atoms with van der Waals surface area (Å²) in [6.07, 6.45) is 6.03. The third kappa shape index (κ3) is 6.88. The van der Waals surface area contributed by atoms with Gasteiger partial charge in [-0.25, -0.2) is 0 Å². The number of carbonyl (C=O) groups excluding carboxylic acids is 2. The molecule has 2 aliphatic rings. The molecule has 0 aliphatic carbocycles. The van der Waals surface area contributed by atoms with Gasteiger partial charge in [-0.1, -0.05) is 90.6 Å². The number of nitrogens with zero attached hydrogens (tertiary/aromatic N) is 2. The van der Waals surface area contributed by atoms with E-state index in [1.165, 1.54) is 0 Å². The maximum Gasteiger partial charge on any atom is 0.290 e. The van der Waals surface area contributed by atoms with E-state index in [4.69, 9.17) is 46.4 Å². The number of halogens is 4. The van der Waals surface area contributed by atoms with Gasteiger partial charge in [0.15, 0.2) is 5.71 Å². The molecule has 2 amide bonds. The molecule has 2 N–H and O–H groups in total. The van der Waals surface area contributed by atoms with Crippen LogP contribution < -0.4 is 15.5 Å². The molecule has 250 valence electrons. The van der Waals surface area contributed by atoms with Crippen molar-refractivity contribution in [2.75, 3.05) is 28.6 Å². The summed E-state index contributed by atoms with van der Waals surface area (Å²) < 4.78 is 2.01. The normalized spacial score (nSPS) is 16.7. The number of benzene rings is 4. The van der Waals surface area contributed by atoms with E-state index in [9.17, 15) is 9.59 Å². The van der Waals surface area contributed by atoms with Crippen LogP contribution in [0.1, 0.15) is 38.8 Å². The third-order valence-corrected chi connectivity index (χ3v) is 10.2.